The van der Waals surface area contributed by atoms with Crippen molar-refractivity contribution in [3.8, 4) is 0 Å². The summed E-state index contributed by atoms with van der Waals surface area (Å²) < 4.78 is 16.1. The van der Waals surface area contributed by atoms with E-state index >= 15 is 0 Å². The van der Waals surface area contributed by atoms with E-state index in [9.17, 15) is 14.4 Å². The Hall–Kier alpha value is -2.11. The van der Waals surface area contributed by atoms with Crippen molar-refractivity contribution in [3.05, 3.63) is 24.3 Å². The summed E-state index contributed by atoms with van der Waals surface area (Å²) in [7, 11) is 0. The summed E-state index contributed by atoms with van der Waals surface area (Å²) >= 11 is 0. The summed E-state index contributed by atoms with van der Waals surface area (Å²) in [5.41, 5.74) is 0. The zero-order valence-corrected chi connectivity index (χ0v) is 27.5. The van der Waals surface area contributed by atoms with Crippen LogP contribution in [0.5, 0.6) is 0 Å². The fourth-order valence-corrected chi connectivity index (χ4v) is 4.65. The second-order valence-corrected chi connectivity index (χ2v) is 11.4. The molecule has 244 valence electrons. The van der Waals surface area contributed by atoms with Crippen molar-refractivity contribution in [2.24, 2.45) is 0 Å². The van der Waals surface area contributed by atoms with Crippen LogP contribution in [0.2, 0.25) is 0 Å². The average Bonchev–Trinajstić information content (AvgIpc) is 2.98. The fraction of sp³-hybridized carbons (Fsp3) is 0.806. The van der Waals surface area contributed by atoms with Gasteiger partial charge in [-0.3, -0.25) is 14.4 Å². The minimum absolute atomic E-state index is 0.0845. The van der Waals surface area contributed by atoms with E-state index in [0.717, 1.165) is 57.8 Å². The molecule has 0 aromatic rings. The van der Waals surface area contributed by atoms with Crippen molar-refractivity contribution >= 4 is 17.9 Å². The normalized spacial score (nSPS) is 12.2. The van der Waals surface area contributed by atoms with Gasteiger partial charge in [-0.25, -0.2) is 0 Å². The maximum Gasteiger partial charge on any atom is 0.306 e. The average molecular weight is 593 g/mol. The number of ether oxygens (including phenoxy) is 3. The van der Waals surface area contributed by atoms with E-state index in [2.05, 4.69) is 31.2 Å². The minimum atomic E-state index is -0.766. The first-order valence-electron chi connectivity index (χ1n) is 17.3. The molecule has 0 N–H and O–H groups in total. The fourth-order valence-electron chi connectivity index (χ4n) is 4.65. The first-order chi connectivity index (χ1) is 20.5. The van der Waals surface area contributed by atoms with Gasteiger partial charge in [0.25, 0.3) is 0 Å². The van der Waals surface area contributed by atoms with Gasteiger partial charge in [0, 0.05) is 19.3 Å². The Balaban J connectivity index is 3.98. The third-order valence-corrected chi connectivity index (χ3v) is 7.24. The molecule has 0 saturated heterocycles. The molecule has 42 heavy (non-hydrogen) atoms. The zero-order valence-electron chi connectivity index (χ0n) is 27.5. The van der Waals surface area contributed by atoms with Gasteiger partial charge < -0.3 is 14.2 Å². The molecule has 0 saturated carbocycles. The molecule has 0 amide bonds. The van der Waals surface area contributed by atoms with Gasteiger partial charge in [-0.1, -0.05) is 109 Å². The molecule has 0 aromatic carbocycles. The van der Waals surface area contributed by atoms with Crippen molar-refractivity contribution in [3.63, 3.8) is 0 Å². The predicted octanol–water partition coefficient (Wildman–Crippen LogP) is 10.1. The van der Waals surface area contributed by atoms with Crippen molar-refractivity contribution in [1.29, 1.82) is 0 Å². The van der Waals surface area contributed by atoms with Gasteiger partial charge in [0.2, 0.25) is 0 Å². The topological polar surface area (TPSA) is 78.9 Å². The predicted molar refractivity (Wildman–Crippen MR) is 173 cm³/mol. The van der Waals surface area contributed by atoms with Crippen LogP contribution >= 0.6 is 0 Å². The van der Waals surface area contributed by atoms with Crippen LogP contribution in [-0.4, -0.2) is 37.2 Å². The second kappa shape index (κ2) is 31.8. The van der Waals surface area contributed by atoms with E-state index in [0.29, 0.717) is 19.3 Å². The highest BCUT2D eigenvalue weighted by Gasteiger charge is 2.19. The van der Waals surface area contributed by atoms with Gasteiger partial charge in [-0.15, -0.1) is 0 Å². The van der Waals surface area contributed by atoms with Gasteiger partial charge in [-0.05, 0) is 64.7 Å². The molecule has 1 atom stereocenters. The number of hydrogen-bond donors (Lipinski definition) is 0. The van der Waals surface area contributed by atoms with E-state index in [4.69, 9.17) is 14.2 Å². The van der Waals surface area contributed by atoms with Crippen LogP contribution in [0.3, 0.4) is 0 Å². The van der Waals surface area contributed by atoms with E-state index in [1.807, 2.05) is 13.8 Å². The molecule has 0 aliphatic carbocycles. The molecular weight excluding hydrogens is 528 g/mol. The van der Waals surface area contributed by atoms with Crippen molar-refractivity contribution in [1.82, 2.24) is 0 Å². The van der Waals surface area contributed by atoms with Crippen molar-refractivity contribution < 1.29 is 28.6 Å². The van der Waals surface area contributed by atoms with Crippen molar-refractivity contribution in [2.75, 3.05) is 13.2 Å². The lowest BCUT2D eigenvalue weighted by molar-refractivity contribution is -0.166. The summed E-state index contributed by atoms with van der Waals surface area (Å²) in [5.74, 6) is -0.977. The Labute approximate surface area is 258 Å². The third-order valence-electron chi connectivity index (χ3n) is 7.24. The Morgan fingerprint density at radius 2 is 0.929 bits per heavy atom. The monoisotopic (exact) mass is 592 g/mol. The highest BCUT2D eigenvalue weighted by atomic mass is 16.6. The molecule has 0 bridgehead atoms. The van der Waals surface area contributed by atoms with Gasteiger partial charge in [0.15, 0.2) is 6.10 Å². The molecule has 0 rings (SSSR count). The summed E-state index contributed by atoms with van der Waals surface area (Å²) in [4.78, 5) is 36.4. The highest BCUT2D eigenvalue weighted by molar-refractivity contribution is 5.71. The minimum Gasteiger partial charge on any atom is -0.462 e. The summed E-state index contributed by atoms with van der Waals surface area (Å²) in [6, 6.07) is 0. The zero-order chi connectivity index (χ0) is 30.9. The molecule has 0 fully saturated rings. The van der Waals surface area contributed by atoms with Gasteiger partial charge >= 0.3 is 17.9 Å². The van der Waals surface area contributed by atoms with Crippen LogP contribution in [0.4, 0.5) is 0 Å². The summed E-state index contributed by atoms with van der Waals surface area (Å²) in [6.07, 6.45) is 31.8. The second-order valence-electron chi connectivity index (χ2n) is 11.4. The lowest BCUT2D eigenvalue weighted by Crippen LogP contribution is -2.30. The molecule has 6 heteroatoms. The first-order valence-corrected chi connectivity index (χ1v) is 17.3. The van der Waals surface area contributed by atoms with Crippen LogP contribution < -0.4 is 0 Å². The third kappa shape index (κ3) is 29.4. The van der Waals surface area contributed by atoms with Crippen LogP contribution in [0.25, 0.3) is 0 Å². The lowest BCUT2D eigenvalue weighted by atomic mass is 10.1. The maximum atomic E-state index is 12.2. The number of allylic oxidation sites excluding steroid dienone is 4. The molecule has 0 aromatic heterocycles. The number of carbonyl (C=O) groups is 3. The number of carbonyl (C=O) groups excluding carboxylic acids is 3. The Morgan fingerprint density at radius 1 is 0.500 bits per heavy atom. The lowest BCUT2D eigenvalue weighted by Gasteiger charge is -2.18. The van der Waals surface area contributed by atoms with E-state index in [-0.39, 0.29) is 37.5 Å². The summed E-state index contributed by atoms with van der Waals surface area (Å²) in [6.45, 7) is 6.01. The molecule has 0 aliphatic heterocycles. The quantitative estimate of drug-likeness (QED) is 0.0357. The van der Waals surface area contributed by atoms with Crippen LogP contribution in [0.15, 0.2) is 24.3 Å². The molecular formula is C36H64O6. The van der Waals surface area contributed by atoms with Crippen LogP contribution in [0, 0.1) is 0 Å². The number of hydrogen-bond acceptors (Lipinski definition) is 6. The molecule has 1 unspecified atom stereocenters. The molecule has 0 aliphatic rings. The molecule has 0 spiro atoms. The number of rotatable bonds is 30. The van der Waals surface area contributed by atoms with Crippen molar-refractivity contribution in [2.45, 2.75) is 175 Å². The first kappa shape index (κ1) is 39.9. The molecule has 0 radical (unpaired) electrons. The Bertz CT molecular complexity index is 699. The highest BCUT2D eigenvalue weighted by Crippen LogP contribution is 2.12. The van der Waals surface area contributed by atoms with Gasteiger partial charge in [0.1, 0.15) is 13.2 Å². The number of esters is 3. The Kier molecular flexibility index (Phi) is 30.2. The standard InChI is InChI=1S/C36H64O6/c1-4-7-9-11-13-15-16-17-18-19-20-21-23-25-27-30-35(38)41-32-33(42-36(39)28-6-3)31-40-34(37)29-26-24-22-14-12-10-8-5-2/h5,8,17-18,33H,4,6-7,9-16,19-32H2,1-3H3/b8-5-,18-17-. The van der Waals surface area contributed by atoms with E-state index < -0.39 is 6.10 Å². The maximum absolute atomic E-state index is 12.2. The summed E-state index contributed by atoms with van der Waals surface area (Å²) in [5, 5.41) is 0. The molecule has 0 heterocycles. The largest absolute Gasteiger partial charge is 0.462 e. The van der Waals surface area contributed by atoms with Crippen LogP contribution in [0.1, 0.15) is 168 Å². The van der Waals surface area contributed by atoms with Gasteiger partial charge in [-0.2, -0.15) is 0 Å². The van der Waals surface area contributed by atoms with Crippen LogP contribution in [-0.2, 0) is 28.6 Å². The Morgan fingerprint density at radius 3 is 1.38 bits per heavy atom. The van der Waals surface area contributed by atoms with E-state index in [1.54, 1.807) is 0 Å². The van der Waals surface area contributed by atoms with E-state index in [1.165, 1.54) is 64.2 Å². The molecule has 6 nitrogen and oxygen atoms in total. The number of unbranched alkanes of at least 4 members (excludes halogenated alkanes) is 16. The smallest absolute Gasteiger partial charge is 0.306 e. The van der Waals surface area contributed by atoms with Gasteiger partial charge in [0.05, 0.1) is 0 Å². The SMILES string of the molecule is C/C=C\CCCCCCCC(=O)OCC(COC(=O)CCCCCCC/C=C\CCCCCCCC)OC(=O)CCC.